The van der Waals surface area contributed by atoms with Gasteiger partial charge in [-0.3, -0.25) is 4.79 Å². The topological polar surface area (TPSA) is 96.2 Å². The van der Waals surface area contributed by atoms with Crippen LogP contribution in [0.2, 0.25) is 0 Å². The number of aryl methyl sites for hydroxylation is 3. The highest BCUT2D eigenvalue weighted by atomic mass is 16.5. The number of aromatic nitrogens is 3. The zero-order chi connectivity index (χ0) is 17.7. The summed E-state index contributed by atoms with van der Waals surface area (Å²) in [7, 11) is 3.86. The van der Waals surface area contributed by atoms with Crippen LogP contribution in [0.5, 0.6) is 0 Å². The summed E-state index contributed by atoms with van der Waals surface area (Å²) in [6.07, 6.45) is 0.276. The van der Waals surface area contributed by atoms with Crippen LogP contribution in [-0.2, 0) is 11.2 Å². The second-order valence-corrected chi connectivity index (χ2v) is 5.81. The predicted molar refractivity (Wildman–Crippen MR) is 92.3 cm³/mol. The third-order valence-corrected chi connectivity index (χ3v) is 3.55. The molecule has 2 N–H and O–H groups in total. The van der Waals surface area contributed by atoms with Crippen molar-refractivity contribution < 1.29 is 9.32 Å². The van der Waals surface area contributed by atoms with Crippen LogP contribution in [0.4, 0.5) is 11.6 Å². The maximum Gasteiger partial charge on any atom is 0.224 e. The van der Waals surface area contributed by atoms with Gasteiger partial charge in [0.15, 0.2) is 0 Å². The molecule has 0 spiro atoms. The highest BCUT2D eigenvalue weighted by Gasteiger charge is 2.13. The van der Waals surface area contributed by atoms with Crippen molar-refractivity contribution in [3.05, 3.63) is 28.9 Å². The van der Waals surface area contributed by atoms with E-state index in [1.165, 1.54) is 0 Å². The van der Waals surface area contributed by atoms with Crippen molar-refractivity contribution in [1.82, 2.24) is 20.4 Å². The number of hydrogen-bond donors (Lipinski definition) is 2. The van der Waals surface area contributed by atoms with Crippen molar-refractivity contribution in [2.45, 2.75) is 27.2 Å². The SMILES string of the molecule is Cc1nc(NCCNC(=O)Cc2c(C)noc2C)cc(N(C)C)n1. The first-order chi connectivity index (χ1) is 11.4. The Balaban J connectivity index is 1.80. The fourth-order valence-electron chi connectivity index (χ4n) is 2.24. The van der Waals surface area contributed by atoms with Gasteiger partial charge in [0.2, 0.25) is 5.91 Å². The molecule has 0 unspecified atom stereocenters. The van der Waals surface area contributed by atoms with Crippen molar-refractivity contribution in [2.24, 2.45) is 0 Å². The normalized spacial score (nSPS) is 10.5. The third kappa shape index (κ3) is 4.68. The smallest absolute Gasteiger partial charge is 0.224 e. The lowest BCUT2D eigenvalue weighted by atomic mass is 10.1. The molecule has 0 bridgehead atoms. The molecule has 0 aliphatic rings. The van der Waals surface area contributed by atoms with Gasteiger partial charge in [-0.15, -0.1) is 0 Å². The summed E-state index contributed by atoms with van der Waals surface area (Å²) in [5, 5.41) is 9.92. The number of amides is 1. The lowest BCUT2D eigenvalue weighted by Crippen LogP contribution is -2.30. The minimum absolute atomic E-state index is 0.0564. The molecular weight excluding hydrogens is 308 g/mol. The third-order valence-electron chi connectivity index (χ3n) is 3.55. The van der Waals surface area contributed by atoms with Gasteiger partial charge >= 0.3 is 0 Å². The highest BCUT2D eigenvalue weighted by Crippen LogP contribution is 2.13. The van der Waals surface area contributed by atoms with E-state index in [1.54, 1.807) is 0 Å². The van der Waals surface area contributed by atoms with E-state index in [4.69, 9.17) is 4.52 Å². The largest absolute Gasteiger partial charge is 0.368 e. The van der Waals surface area contributed by atoms with Gasteiger partial charge in [-0.25, -0.2) is 9.97 Å². The average molecular weight is 332 g/mol. The molecule has 2 aromatic heterocycles. The number of hydrogen-bond acceptors (Lipinski definition) is 7. The molecule has 0 saturated carbocycles. The first-order valence-corrected chi connectivity index (χ1v) is 7.82. The average Bonchev–Trinajstić information content (AvgIpc) is 2.83. The number of nitrogens with one attached hydrogen (secondary N) is 2. The van der Waals surface area contributed by atoms with Crippen molar-refractivity contribution in [3.8, 4) is 0 Å². The van der Waals surface area contributed by atoms with E-state index in [1.807, 2.05) is 45.8 Å². The Labute approximate surface area is 141 Å². The summed E-state index contributed by atoms with van der Waals surface area (Å²) in [6.45, 7) is 6.58. The van der Waals surface area contributed by atoms with Gasteiger partial charge in [-0.2, -0.15) is 0 Å². The van der Waals surface area contributed by atoms with E-state index in [2.05, 4.69) is 25.8 Å². The number of anilines is 2. The second kappa shape index (κ2) is 7.76. The molecule has 1 amide bonds. The van der Waals surface area contributed by atoms with Gasteiger partial charge < -0.3 is 20.1 Å². The summed E-state index contributed by atoms with van der Waals surface area (Å²) >= 11 is 0. The van der Waals surface area contributed by atoms with E-state index in [-0.39, 0.29) is 12.3 Å². The van der Waals surface area contributed by atoms with Crippen molar-refractivity contribution in [2.75, 3.05) is 37.4 Å². The quantitative estimate of drug-likeness (QED) is 0.736. The first-order valence-electron chi connectivity index (χ1n) is 7.82. The minimum Gasteiger partial charge on any atom is -0.368 e. The lowest BCUT2D eigenvalue weighted by Gasteiger charge is -2.14. The van der Waals surface area contributed by atoms with Gasteiger partial charge in [0.25, 0.3) is 0 Å². The lowest BCUT2D eigenvalue weighted by molar-refractivity contribution is -0.120. The van der Waals surface area contributed by atoms with E-state index in [0.29, 0.717) is 24.7 Å². The van der Waals surface area contributed by atoms with Crippen molar-refractivity contribution >= 4 is 17.5 Å². The molecule has 2 rings (SSSR count). The van der Waals surface area contributed by atoms with Gasteiger partial charge in [-0.1, -0.05) is 5.16 Å². The Morgan fingerprint density at radius 2 is 1.96 bits per heavy atom. The maximum atomic E-state index is 12.0. The standard InChI is InChI=1S/C16H24N6O2/c1-10-13(11(2)24-21-10)8-16(23)18-7-6-17-14-9-15(22(4)5)20-12(3)19-14/h9H,6-8H2,1-5H3,(H,18,23)(H,17,19,20). The minimum atomic E-state index is -0.0564. The van der Waals surface area contributed by atoms with Crippen molar-refractivity contribution in [1.29, 1.82) is 0 Å². The summed E-state index contributed by atoms with van der Waals surface area (Å²) < 4.78 is 5.06. The Bertz CT molecular complexity index is 691. The van der Waals surface area contributed by atoms with Crippen LogP contribution in [-0.4, -0.2) is 48.2 Å². The molecule has 0 radical (unpaired) electrons. The molecule has 0 aliphatic heterocycles. The summed E-state index contributed by atoms with van der Waals surface area (Å²) in [4.78, 5) is 22.6. The fourth-order valence-corrected chi connectivity index (χ4v) is 2.24. The van der Waals surface area contributed by atoms with Gasteiger partial charge in [0, 0.05) is 38.8 Å². The maximum absolute atomic E-state index is 12.0. The summed E-state index contributed by atoms with van der Waals surface area (Å²) in [6, 6.07) is 1.87. The number of carbonyl (C=O) groups is 1. The molecule has 8 nitrogen and oxygen atoms in total. The molecule has 24 heavy (non-hydrogen) atoms. The Hall–Kier alpha value is -2.64. The monoisotopic (exact) mass is 332 g/mol. The molecule has 2 aromatic rings. The molecule has 130 valence electrons. The van der Waals surface area contributed by atoms with Gasteiger partial charge in [-0.05, 0) is 20.8 Å². The highest BCUT2D eigenvalue weighted by molar-refractivity contribution is 5.79. The van der Waals surface area contributed by atoms with Gasteiger partial charge in [0.1, 0.15) is 23.2 Å². The number of nitrogens with zero attached hydrogens (tertiary/aromatic N) is 4. The van der Waals surface area contributed by atoms with Crippen LogP contribution in [0.3, 0.4) is 0 Å². The second-order valence-electron chi connectivity index (χ2n) is 5.81. The van der Waals surface area contributed by atoms with Crippen molar-refractivity contribution in [3.63, 3.8) is 0 Å². The Kier molecular flexibility index (Phi) is 5.73. The van der Waals surface area contributed by atoms with Crippen LogP contribution >= 0.6 is 0 Å². The van der Waals surface area contributed by atoms with E-state index in [9.17, 15) is 4.79 Å². The van der Waals surface area contributed by atoms with Crippen LogP contribution in [0.15, 0.2) is 10.6 Å². The molecule has 0 aromatic carbocycles. The number of rotatable bonds is 7. The van der Waals surface area contributed by atoms with Gasteiger partial charge in [0.05, 0.1) is 12.1 Å². The zero-order valence-corrected chi connectivity index (χ0v) is 14.8. The van der Waals surface area contributed by atoms with Crippen LogP contribution in [0.25, 0.3) is 0 Å². The number of carbonyl (C=O) groups excluding carboxylic acids is 1. The molecule has 0 saturated heterocycles. The molecule has 2 heterocycles. The van der Waals surface area contributed by atoms with E-state index >= 15 is 0 Å². The molecule has 0 aliphatic carbocycles. The molecule has 8 heteroatoms. The fraction of sp³-hybridized carbons (Fsp3) is 0.500. The van der Waals surface area contributed by atoms with Crippen LogP contribution < -0.4 is 15.5 Å². The molecule has 0 fully saturated rings. The Morgan fingerprint density at radius 3 is 2.58 bits per heavy atom. The predicted octanol–water partition coefficient (Wildman–Crippen LogP) is 1.23. The summed E-state index contributed by atoms with van der Waals surface area (Å²) in [5.74, 6) is 2.91. The van der Waals surface area contributed by atoms with Crippen LogP contribution in [0.1, 0.15) is 22.8 Å². The van der Waals surface area contributed by atoms with Crippen LogP contribution in [0, 0.1) is 20.8 Å². The molecular formula is C16H24N6O2. The van der Waals surface area contributed by atoms with E-state index < -0.39 is 0 Å². The first kappa shape index (κ1) is 17.7. The Morgan fingerprint density at radius 1 is 1.21 bits per heavy atom. The molecule has 0 atom stereocenters. The summed E-state index contributed by atoms with van der Waals surface area (Å²) in [5.41, 5.74) is 1.61. The zero-order valence-electron chi connectivity index (χ0n) is 14.8. The van der Waals surface area contributed by atoms with E-state index in [0.717, 1.165) is 22.9 Å².